The van der Waals surface area contributed by atoms with E-state index in [-0.39, 0.29) is 30.0 Å². The van der Waals surface area contributed by atoms with Gasteiger partial charge < -0.3 is 15.2 Å². The molecule has 1 heterocycles. The molecule has 2 aromatic rings. The molecule has 0 aliphatic carbocycles. The smallest absolute Gasteiger partial charge is 0.191 e. The topological polar surface area (TPSA) is 62.5 Å². The molecule has 5 nitrogen and oxygen atoms in total. The first-order chi connectivity index (χ1) is 11.0. The molecule has 2 N–H and O–H groups in total. The molecule has 0 radical (unpaired) electrons. The van der Waals surface area contributed by atoms with Crippen LogP contribution in [0.25, 0.3) is 0 Å². The van der Waals surface area contributed by atoms with Crippen molar-refractivity contribution in [3.05, 3.63) is 51.9 Å². The highest BCUT2D eigenvalue weighted by molar-refractivity contribution is 14.0. The molecule has 0 aliphatic rings. The van der Waals surface area contributed by atoms with Gasteiger partial charge in [0.15, 0.2) is 5.96 Å². The van der Waals surface area contributed by atoms with E-state index in [4.69, 9.17) is 16.1 Å². The highest BCUT2D eigenvalue weighted by atomic mass is 127. The van der Waals surface area contributed by atoms with Crippen molar-refractivity contribution in [1.29, 1.82) is 0 Å². The van der Waals surface area contributed by atoms with Crippen LogP contribution >= 0.6 is 35.6 Å². The summed E-state index contributed by atoms with van der Waals surface area (Å²) >= 11 is 6.04. The fourth-order valence-electron chi connectivity index (χ4n) is 2.42. The molecule has 132 valence electrons. The van der Waals surface area contributed by atoms with Crippen LogP contribution in [0.1, 0.15) is 35.5 Å². The predicted octanol–water partition coefficient (Wildman–Crippen LogP) is 4.03. The van der Waals surface area contributed by atoms with Crippen molar-refractivity contribution in [3.8, 4) is 0 Å². The van der Waals surface area contributed by atoms with Gasteiger partial charge in [-0.15, -0.1) is 24.0 Å². The summed E-state index contributed by atoms with van der Waals surface area (Å²) in [5.74, 6) is 1.63. The lowest BCUT2D eigenvalue weighted by molar-refractivity contribution is 0.392. The molecular weight excluding hydrogens is 439 g/mol. The van der Waals surface area contributed by atoms with E-state index in [1.54, 1.807) is 7.05 Å². The van der Waals surface area contributed by atoms with E-state index in [0.29, 0.717) is 0 Å². The number of aromatic nitrogens is 1. The molecule has 2 rings (SSSR count). The van der Waals surface area contributed by atoms with Crippen molar-refractivity contribution in [2.75, 3.05) is 13.6 Å². The van der Waals surface area contributed by atoms with Gasteiger partial charge in [-0.05, 0) is 44.9 Å². The number of aliphatic imine (C=N–C) groups is 1. The second kappa shape index (κ2) is 9.88. The Morgan fingerprint density at radius 3 is 2.71 bits per heavy atom. The fourth-order valence-corrected chi connectivity index (χ4v) is 2.62. The number of hydrogen-bond acceptors (Lipinski definition) is 3. The van der Waals surface area contributed by atoms with Crippen molar-refractivity contribution in [2.45, 2.75) is 33.2 Å². The monoisotopic (exact) mass is 462 g/mol. The second-order valence-electron chi connectivity index (χ2n) is 5.47. The van der Waals surface area contributed by atoms with Gasteiger partial charge >= 0.3 is 0 Å². The van der Waals surface area contributed by atoms with Gasteiger partial charge in [0.1, 0.15) is 5.76 Å². The third-order valence-corrected chi connectivity index (χ3v) is 4.01. The van der Waals surface area contributed by atoms with Crippen molar-refractivity contribution in [2.24, 2.45) is 4.99 Å². The van der Waals surface area contributed by atoms with Crippen molar-refractivity contribution in [3.63, 3.8) is 0 Å². The lowest BCUT2D eigenvalue weighted by Gasteiger charge is -2.18. The van der Waals surface area contributed by atoms with Gasteiger partial charge in [-0.3, -0.25) is 4.99 Å². The average Bonchev–Trinajstić information content (AvgIpc) is 2.85. The Morgan fingerprint density at radius 1 is 1.38 bits per heavy atom. The van der Waals surface area contributed by atoms with E-state index >= 15 is 0 Å². The normalized spacial score (nSPS) is 12.5. The fraction of sp³-hybridized carbons (Fsp3) is 0.412. The number of hydrogen-bond donors (Lipinski definition) is 2. The van der Waals surface area contributed by atoms with E-state index < -0.39 is 0 Å². The van der Waals surface area contributed by atoms with Crippen LogP contribution in [-0.2, 0) is 6.42 Å². The largest absolute Gasteiger partial charge is 0.361 e. The minimum absolute atomic E-state index is 0. The first-order valence-corrected chi connectivity index (χ1v) is 8.03. The van der Waals surface area contributed by atoms with Crippen LogP contribution in [0.15, 0.2) is 33.8 Å². The summed E-state index contributed by atoms with van der Waals surface area (Å²) in [4.78, 5) is 4.26. The number of benzene rings is 1. The number of halogens is 2. The zero-order valence-corrected chi connectivity index (χ0v) is 17.5. The molecular formula is C17H24ClIN4O. The predicted molar refractivity (Wildman–Crippen MR) is 109 cm³/mol. The molecule has 0 spiro atoms. The van der Waals surface area contributed by atoms with Crippen molar-refractivity contribution in [1.82, 2.24) is 15.8 Å². The molecule has 0 aliphatic heterocycles. The molecule has 1 aromatic carbocycles. The molecule has 0 fully saturated rings. The SMILES string of the molecule is CN=C(NCCc1c(C)noc1C)NC(C)c1cccc(Cl)c1.I. The minimum Gasteiger partial charge on any atom is -0.361 e. The van der Waals surface area contributed by atoms with Crippen LogP contribution in [0.4, 0.5) is 0 Å². The van der Waals surface area contributed by atoms with Crippen LogP contribution in [0.2, 0.25) is 5.02 Å². The minimum atomic E-state index is 0. The van der Waals surface area contributed by atoms with Crippen LogP contribution < -0.4 is 10.6 Å². The van der Waals surface area contributed by atoms with Gasteiger partial charge in [0, 0.05) is 24.2 Å². The number of rotatable bonds is 5. The van der Waals surface area contributed by atoms with E-state index in [0.717, 1.165) is 46.5 Å². The molecule has 7 heteroatoms. The molecule has 1 aromatic heterocycles. The standard InChI is InChI=1S/C17H23ClN4O.HI/c1-11(14-6-5-7-15(18)10-14)21-17(19-4)20-9-8-16-12(2)22-23-13(16)3;/h5-7,10-11H,8-9H2,1-4H3,(H2,19,20,21);1H. The number of nitrogens with zero attached hydrogens (tertiary/aromatic N) is 2. The van der Waals surface area contributed by atoms with E-state index in [1.807, 2.05) is 38.1 Å². The summed E-state index contributed by atoms with van der Waals surface area (Å²) in [7, 11) is 1.76. The van der Waals surface area contributed by atoms with Crippen LogP contribution in [-0.4, -0.2) is 24.7 Å². The van der Waals surface area contributed by atoms with Crippen LogP contribution in [0.5, 0.6) is 0 Å². The number of nitrogens with one attached hydrogen (secondary N) is 2. The summed E-state index contributed by atoms with van der Waals surface area (Å²) in [5, 5.41) is 11.4. The number of aryl methyl sites for hydroxylation is 2. The maximum absolute atomic E-state index is 6.04. The van der Waals surface area contributed by atoms with Gasteiger partial charge in [-0.1, -0.05) is 28.9 Å². The lowest BCUT2D eigenvalue weighted by atomic mass is 10.1. The summed E-state index contributed by atoms with van der Waals surface area (Å²) in [6, 6.07) is 7.92. The summed E-state index contributed by atoms with van der Waals surface area (Å²) in [5.41, 5.74) is 3.21. The van der Waals surface area contributed by atoms with Gasteiger partial charge in [0.05, 0.1) is 11.7 Å². The van der Waals surface area contributed by atoms with E-state index in [9.17, 15) is 0 Å². The summed E-state index contributed by atoms with van der Waals surface area (Å²) < 4.78 is 5.18. The van der Waals surface area contributed by atoms with Gasteiger partial charge in [0.2, 0.25) is 0 Å². The highest BCUT2D eigenvalue weighted by Crippen LogP contribution is 2.17. The first-order valence-electron chi connectivity index (χ1n) is 7.65. The molecule has 0 saturated carbocycles. The molecule has 1 atom stereocenters. The summed E-state index contributed by atoms with van der Waals surface area (Å²) in [6.07, 6.45) is 0.841. The Morgan fingerprint density at radius 2 is 2.12 bits per heavy atom. The second-order valence-corrected chi connectivity index (χ2v) is 5.91. The van der Waals surface area contributed by atoms with Crippen LogP contribution in [0, 0.1) is 13.8 Å². The molecule has 0 saturated heterocycles. The zero-order valence-electron chi connectivity index (χ0n) is 14.4. The third kappa shape index (κ3) is 5.66. The maximum atomic E-state index is 6.04. The quantitative estimate of drug-likeness (QED) is 0.400. The Kier molecular flexibility index (Phi) is 8.55. The highest BCUT2D eigenvalue weighted by Gasteiger charge is 2.10. The van der Waals surface area contributed by atoms with Gasteiger partial charge in [-0.25, -0.2) is 0 Å². The molecule has 1 unspecified atom stereocenters. The van der Waals surface area contributed by atoms with Crippen molar-refractivity contribution >= 4 is 41.5 Å². The molecule has 0 bridgehead atoms. The van der Waals surface area contributed by atoms with Gasteiger partial charge in [0.25, 0.3) is 0 Å². The molecule has 0 amide bonds. The third-order valence-electron chi connectivity index (χ3n) is 3.77. The van der Waals surface area contributed by atoms with E-state index in [2.05, 4.69) is 27.7 Å². The molecule has 24 heavy (non-hydrogen) atoms. The average molecular weight is 463 g/mol. The zero-order chi connectivity index (χ0) is 16.8. The first kappa shape index (κ1) is 20.8. The summed E-state index contributed by atoms with van der Waals surface area (Å²) in [6.45, 7) is 6.72. The van der Waals surface area contributed by atoms with Crippen molar-refractivity contribution < 1.29 is 4.52 Å². The Balaban J connectivity index is 0.00000288. The Hall–Kier alpha value is -1.28. The Labute approximate surface area is 165 Å². The Bertz CT molecular complexity index is 667. The van der Waals surface area contributed by atoms with Crippen LogP contribution in [0.3, 0.4) is 0 Å². The van der Waals surface area contributed by atoms with E-state index in [1.165, 1.54) is 0 Å². The maximum Gasteiger partial charge on any atom is 0.191 e. The number of guanidine groups is 1. The lowest BCUT2D eigenvalue weighted by Crippen LogP contribution is -2.39. The van der Waals surface area contributed by atoms with Gasteiger partial charge in [-0.2, -0.15) is 0 Å².